The number of thioether (sulfide) groups is 1. The second-order valence-electron chi connectivity index (χ2n) is 6.99. The summed E-state index contributed by atoms with van der Waals surface area (Å²) < 4.78 is 45.9. The lowest BCUT2D eigenvalue weighted by atomic mass is 9.97. The largest absolute Gasteiger partial charge is 0.394 e. The molecule has 3 unspecified atom stereocenters. The van der Waals surface area contributed by atoms with Gasteiger partial charge in [-0.15, -0.1) is 0 Å². The minimum atomic E-state index is -1.67. The molecule has 5 N–H and O–H groups in total. The molecule has 3 rings (SSSR count). The molecular weight excluding hydrogens is 506 g/mol. The average molecular weight is 524 g/mol. The first-order chi connectivity index (χ1) is 15.7. The quantitative estimate of drug-likeness (QED) is 0.277. The molecule has 2 aromatic rings. The van der Waals surface area contributed by atoms with Crippen LogP contribution >= 0.6 is 35.0 Å². The lowest BCUT2D eigenvalue weighted by Gasteiger charge is -2.42. The van der Waals surface area contributed by atoms with Crippen LogP contribution in [0.1, 0.15) is 5.56 Å². The van der Waals surface area contributed by atoms with Crippen LogP contribution in [-0.2, 0) is 4.74 Å². The van der Waals surface area contributed by atoms with Crippen molar-refractivity contribution in [3.8, 4) is 0 Å². The van der Waals surface area contributed by atoms with Crippen molar-refractivity contribution >= 4 is 40.7 Å². The Kier molecular flexibility index (Phi) is 8.62. The van der Waals surface area contributed by atoms with E-state index in [9.17, 15) is 28.5 Å². The summed E-state index contributed by atoms with van der Waals surface area (Å²) in [5, 5.41) is 37.3. The Hall–Kier alpha value is -1.86. The number of hydrogen-bond acceptors (Lipinski definition) is 8. The zero-order valence-electron chi connectivity index (χ0n) is 16.6. The summed E-state index contributed by atoms with van der Waals surface area (Å²) in [4.78, 5) is 0.593. The molecule has 13 heteroatoms. The van der Waals surface area contributed by atoms with Crippen molar-refractivity contribution < 1.29 is 33.2 Å². The molecule has 5 atom stereocenters. The number of aliphatic hydroxyl groups is 3. The number of nitrogens with one attached hydrogen (secondary N) is 2. The van der Waals surface area contributed by atoms with E-state index < -0.39 is 53.8 Å². The number of rotatable bonds is 7. The summed E-state index contributed by atoms with van der Waals surface area (Å²) in [6.45, 7) is -0.571. The summed E-state index contributed by atoms with van der Waals surface area (Å²) >= 11 is 13.0. The summed E-state index contributed by atoms with van der Waals surface area (Å²) in [6, 6.07) is 4.93. The fourth-order valence-electron chi connectivity index (χ4n) is 3.12. The van der Waals surface area contributed by atoms with Gasteiger partial charge in [0.05, 0.1) is 22.7 Å². The Morgan fingerprint density at radius 3 is 2.36 bits per heavy atom. The van der Waals surface area contributed by atoms with Gasteiger partial charge in [0.2, 0.25) is 0 Å². The third-order valence-electron chi connectivity index (χ3n) is 4.84. The zero-order chi connectivity index (χ0) is 24.3. The Balaban J connectivity index is 1.84. The highest BCUT2D eigenvalue weighted by atomic mass is 35.5. The fraction of sp³-hybridized carbons (Fsp3) is 0.300. The van der Waals surface area contributed by atoms with Crippen LogP contribution < -0.4 is 5.32 Å². The standard InChI is InChI=1S/C20H18Cl2F3N3O4S/c21-10-2-1-9(5-11(10)22)33-20-19(31)17(18(30)15(7-29)32-20)27-6-14(28-26)8-3-12(23)16(25)13(24)4-8/h1-6,15,17-20,26-27,29-31H,7H2/b14-6-,28-26?/t15?,17?,18-,19?,20+/m0/s1. The summed E-state index contributed by atoms with van der Waals surface area (Å²) in [5.74, 6) is -4.60. The maximum Gasteiger partial charge on any atom is 0.194 e. The molecular formula is C20H18Cl2F3N3O4S. The monoisotopic (exact) mass is 523 g/mol. The molecule has 1 aliphatic heterocycles. The first-order valence-electron chi connectivity index (χ1n) is 9.39. The van der Waals surface area contributed by atoms with Crippen LogP contribution in [0.3, 0.4) is 0 Å². The molecule has 33 heavy (non-hydrogen) atoms. The van der Waals surface area contributed by atoms with Gasteiger partial charge in [0.15, 0.2) is 17.5 Å². The molecule has 7 nitrogen and oxygen atoms in total. The topological polar surface area (TPSA) is 118 Å². The molecule has 0 spiro atoms. The molecule has 0 saturated carbocycles. The number of hydrogen-bond donors (Lipinski definition) is 5. The third-order valence-corrected chi connectivity index (χ3v) is 6.73. The first kappa shape index (κ1) is 25.8. The van der Waals surface area contributed by atoms with Crippen molar-refractivity contribution in [1.29, 1.82) is 5.53 Å². The molecule has 1 saturated heterocycles. The minimum Gasteiger partial charge on any atom is -0.394 e. The lowest BCUT2D eigenvalue weighted by molar-refractivity contribution is -0.164. The Morgan fingerprint density at radius 1 is 1.12 bits per heavy atom. The molecule has 0 aliphatic carbocycles. The Bertz CT molecular complexity index is 1040. The normalized spacial score (nSPS) is 25.7. The van der Waals surface area contributed by atoms with E-state index in [1.807, 2.05) is 0 Å². The highest BCUT2D eigenvalue weighted by molar-refractivity contribution is 7.99. The molecule has 1 fully saturated rings. The van der Waals surface area contributed by atoms with Crippen LogP contribution in [0, 0.1) is 23.0 Å². The van der Waals surface area contributed by atoms with Crippen LogP contribution in [0.25, 0.3) is 5.70 Å². The molecule has 0 aromatic heterocycles. The van der Waals surface area contributed by atoms with Crippen LogP contribution in [-0.4, -0.2) is 51.7 Å². The number of nitrogens with zero attached hydrogens (tertiary/aromatic N) is 1. The van der Waals surface area contributed by atoms with E-state index in [0.29, 0.717) is 22.1 Å². The van der Waals surface area contributed by atoms with Gasteiger partial charge in [-0.05, 0) is 30.3 Å². The van der Waals surface area contributed by atoms with Crippen molar-refractivity contribution in [1.82, 2.24) is 5.32 Å². The van der Waals surface area contributed by atoms with Crippen molar-refractivity contribution in [3.63, 3.8) is 0 Å². The van der Waals surface area contributed by atoms with E-state index in [1.54, 1.807) is 18.2 Å². The summed E-state index contributed by atoms with van der Waals surface area (Å²) in [5.41, 5.74) is 5.76. The van der Waals surface area contributed by atoms with E-state index in [-0.39, 0.29) is 16.3 Å². The highest BCUT2D eigenvalue weighted by Crippen LogP contribution is 2.36. The van der Waals surface area contributed by atoms with Gasteiger partial charge in [-0.25, -0.2) is 18.7 Å². The maximum atomic E-state index is 13.6. The molecule has 178 valence electrons. The molecule has 2 aromatic carbocycles. The van der Waals surface area contributed by atoms with Crippen molar-refractivity contribution in [2.24, 2.45) is 5.11 Å². The number of benzene rings is 2. The van der Waals surface area contributed by atoms with Gasteiger partial charge in [-0.3, -0.25) is 0 Å². The molecule has 1 aliphatic rings. The Morgan fingerprint density at radius 2 is 1.79 bits per heavy atom. The van der Waals surface area contributed by atoms with Gasteiger partial charge < -0.3 is 25.4 Å². The van der Waals surface area contributed by atoms with Crippen LogP contribution in [0.2, 0.25) is 10.0 Å². The number of aliphatic hydroxyl groups excluding tert-OH is 3. The second kappa shape index (κ2) is 11.0. The van der Waals surface area contributed by atoms with E-state index in [0.717, 1.165) is 18.0 Å². The highest BCUT2D eigenvalue weighted by Gasteiger charge is 2.44. The van der Waals surface area contributed by atoms with E-state index >= 15 is 0 Å². The molecule has 1 heterocycles. The summed E-state index contributed by atoms with van der Waals surface area (Å²) in [7, 11) is 0. The van der Waals surface area contributed by atoms with E-state index in [4.69, 9.17) is 33.5 Å². The van der Waals surface area contributed by atoms with Gasteiger partial charge >= 0.3 is 0 Å². The van der Waals surface area contributed by atoms with E-state index in [1.165, 1.54) is 0 Å². The predicted octanol–water partition coefficient (Wildman–Crippen LogP) is 3.93. The smallest absolute Gasteiger partial charge is 0.194 e. The lowest BCUT2D eigenvalue weighted by Crippen LogP contribution is -2.61. The zero-order valence-corrected chi connectivity index (χ0v) is 18.9. The van der Waals surface area contributed by atoms with Crippen molar-refractivity contribution in [2.75, 3.05) is 6.61 Å². The van der Waals surface area contributed by atoms with Crippen molar-refractivity contribution in [2.45, 2.75) is 34.7 Å². The molecule has 0 bridgehead atoms. The SMILES string of the molecule is N=N/C(=C\NC1C(O)[C@@H](Sc2ccc(Cl)c(Cl)c2)OC(CO)[C@@H]1O)c1cc(F)c(F)c(F)c1. The van der Waals surface area contributed by atoms with Crippen LogP contribution in [0.4, 0.5) is 13.2 Å². The van der Waals surface area contributed by atoms with Crippen LogP contribution in [0.15, 0.2) is 46.5 Å². The second-order valence-corrected chi connectivity index (χ2v) is 8.97. The summed E-state index contributed by atoms with van der Waals surface area (Å²) in [6.07, 6.45) is -2.80. The first-order valence-corrected chi connectivity index (χ1v) is 11.0. The third kappa shape index (κ3) is 5.80. The maximum absolute atomic E-state index is 13.6. The van der Waals surface area contributed by atoms with E-state index in [2.05, 4.69) is 10.4 Å². The van der Waals surface area contributed by atoms with Gasteiger partial charge in [0.1, 0.15) is 29.4 Å². The molecule has 0 amide bonds. The molecule has 0 radical (unpaired) electrons. The number of ether oxygens (including phenoxy) is 1. The van der Waals surface area contributed by atoms with Gasteiger partial charge in [0, 0.05) is 16.7 Å². The number of halogens is 5. The van der Waals surface area contributed by atoms with Crippen LogP contribution in [0.5, 0.6) is 0 Å². The van der Waals surface area contributed by atoms with Gasteiger partial charge in [-0.1, -0.05) is 35.0 Å². The minimum absolute atomic E-state index is 0.245. The Labute approximate surface area is 200 Å². The van der Waals surface area contributed by atoms with Gasteiger partial charge in [-0.2, -0.15) is 5.11 Å². The van der Waals surface area contributed by atoms with Gasteiger partial charge in [0.25, 0.3) is 0 Å². The fourth-order valence-corrected chi connectivity index (χ4v) is 4.60. The average Bonchev–Trinajstić information content (AvgIpc) is 2.78. The van der Waals surface area contributed by atoms with Crippen molar-refractivity contribution in [3.05, 3.63) is 69.6 Å². The predicted molar refractivity (Wildman–Crippen MR) is 116 cm³/mol.